The predicted molar refractivity (Wildman–Crippen MR) is 144 cm³/mol. The summed E-state index contributed by atoms with van der Waals surface area (Å²) < 4.78 is 47.5. The Morgan fingerprint density at radius 3 is 1.24 bits per heavy atom. The fourth-order valence-electron chi connectivity index (χ4n) is 5.29. The molecule has 8 nitrogen and oxygen atoms in total. The predicted octanol–water partition coefficient (Wildman–Crippen LogP) is 6.15. The maximum absolute atomic E-state index is 6.38. The van der Waals surface area contributed by atoms with Crippen molar-refractivity contribution in [3.8, 4) is 34.5 Å². The standard InChI is InChI=1S/C30H42O8/c1-7-9-11-35-29-23(31-3)13-19(14-24(29)32-4)27-21-17-38-28(22(21)18-37-27)20-15-25(33-5)30(26(16-20)34-6)36-12-10-8-2/h13-16,21-22,27-28H,7-12,17-18H2,1-6H3/t21-,22-,27+,28+/m1/s1. The Bertz CT molecular complexity index is 921. The smallest absolute Gasteiger partial charge is 0.203 e. The van der Waals surface area contributed by atoms with Crippen LogP contribution in [0.5, 0.6) is 34.5 Å². The second-order valence-corrected chi connectivity index (χ2v) is 9.75. The van der Waals surface area contributed by atoms with Crippen molar-refractivity contribution < 1.29 is 37.9 Å². The third kappa shape index (κ3) is 5.76. The van der Waals surface area contributed by atoms with Crippen LogP contribution in [0.2, 0.25) is 0 Å². The van der Waals surface area contributed by atoms with E-state index in [-0.39, 0.29) is 24.0 Å². The fraction of sp³-hybridized carbons (Fsp3) is 0.600. The van der Waals surface area contributed by atoms with Crippen molar-refractivity contribution in [1.82, 2.24) is 0 Å². The third-order valence-electron chi connectivity index (χ3n) is 7.38. The Balaban J connectivity index is 1.57. The molecule has 0 unspecified atom stereocenters. The van der Waals surface area contributed by atoms with Crippen LogP contribution in [0.3, 0.4) is 0 Å². The molecule has 2 aliphatic rings. The number of hydrogen-bond donors (Lipinski definition) is 0. The Hall–Kier alpha value is -2.84. The highest BCUT2D eigenvalue weighted by molar-refractivity contribution is 5.56. The average molecular weight is 531 g/mol. The van der Waals surface area contributed by atoms with E-state index in [0.717, 1.165) is 36.8 Å². The Morgan fingerprint density at radius 1 is 0.605 bits per heavy atom. The lowest BCUT2D eigenvalue weighted by Crippen LogP contribution is -2.15. The summed E-state index contributed by atoms with van der Waals surface area (Å²) in [6, 6.07) is 7.99. The van der Waals surface area contributed by atoms with Crippen molar-refractivity contribution in [2.24, 2.45) is 11.8 Å². The van der Waals surface area contributed by atoms with Crippen LogP contribution < -0.4 is 28.4 Å². The lowest BCUT2D eigenvalue weighted by atomic mass is 9.84. The van der Waals surface area contributed by atoms with Gasteiger partial charge in [-0.15, -0.1) is 0 Å². The lowest BCUT2D eigenvalue weighted by Gasteiger charge is -2.21. The van der Waals surface area contributed by atoms with Crippen LogP contribution in [0.4, 0.5) is 0 Å². The summed E-state index contributed by atoms with van der Waals surface area (Å²) in [5.41, 5.74) is 1.99. The van der Waals surface area contributed by atoms with Gasteiger partial charge in [-0.3, -0.25) is 0 Å². The van der Waals surface area contributed by atoms with Crippen molar-refractivity contribution in [2.45, 2.75) is 51.7 Å². The molecule has 4 rings (SSSR count). The van der Waals surface area contributed by atoms with Crippen LogP contribution in [-0.2, 0) is 9.47 Å². The minimum absolute atomic E-state index is 0.141. The van der Waals surface area contributed by atoms with Gasteiger partial charge in [0.15, 0.2) is 23.0 Å². The van der Waals surface area contributed by atoms with E-state index in [4.69, 9.17) is 37.9 Å². The van der Waals surface area contributed by atoms with Gasteiger partial charge >= 0.3 is 0 Å². The molecule has 2 heterocycles. The van der Waals surface area contributed by atoms with E-state index in [1.807, 2.05) is 24.3 Å². The van der Waals surface area contributed by atoms with Gasteiger partial charge in [0.2, 0.25) is 11.5 Å². The Morgan fingerprint density at radius 2 is 0.947 bits per heavy atom. The Kier molecular flexibility index (Phi) is 9.86. The summed E-state index contributed by atoms with van der Waals surface area (Å²) >= 11 is 0. The SMILES string of the molecule is CCCCOc1c(OC)cc([C@@H]2OC[C@@H]3[C@H]2CO[C@H]3c2cc(OC)c(OCCCC)c(OC)c2)cc1OC. The molecule has 4 atom stereocenters. The average Bonchev–Trinajstić information content (AvgIpc) is 3.55. The molecule has 0 aliphatic carbocycles. The minimum Gasteiger partial charge on any atom is -0.493 e. The summed E-state index contributed by atoms with van der Waals surface area (Å²) in [5, 5.41) is 0. The van der Waals surface area contributed by atoms with E-state index in [2.05, 4.69) is 13.8 Å². The molecule has 0 bridgehead atoms. The topological polar surface area (TPSA) is 73.8 Å². The molecule has 2 saturated heterocycles. The molecule has 0 saturated carbocycles. The molecule has 38 heavy (non-hydrogen) atoms. The monoisotopic (exact) mass is 530 g/mol. The van der Waals surface area contributed by atoms with Crippen LogP contribution in [0.15, 0.2) is 24.3 Å². The first kappa shape index (κ1) is 28.2. The molecular formula is C30H42O8. The quantitative estimate of drug-likeness (QED) is 0.269. The van der Waals surface area contributed by atoms with Crippen LogP contribution in [0.25, 0.3) is 0 Å². The van der Waals surface area contributed by atoms with E-state index >= 15 is 0 Å². The molecule has 0 N–H and O–H groups in total. The van der Waals surface area contributed by atoms with Gasteiger partial charge in [0.05, 0.1) is 67.1 Å². The van der Waals surface area contributed by atoms with Gasteiger partial charge in [-0.2, -0.15) is 0 Å². The zero-order chi connectivity index (χ0) is 27.1. The lowest BCUT2D eigenvalue weighted by molar-refractivity contribution is 0.0190. The molecule has 0 spiro atoms. The number of benzene rings is 2. The first-order valence-corrected chi connectivity index (χ1v) is 13.6. The van der Waals surface area contributed by atoms with Crippen molar-refractivity contribution in [2.75, 3.05) is 54.9 Å². The molecule has 0 radical (unpaired) electrons. The van der Waals surface area contributed by atoms with Gasteiger partial charge in [0, 0.05) is 11.8 Å². The fourth-order valence-corrected chi connectivity index (χ4v) is 5.29. The molecule has 210 valence electrons. The van der Waals surface area contributed by atoms with E-state index in [0.29, 0.717) is 60.9 Å². The van der Waals surface area contributed by atoms with Crippen LogP contribution in [0, 0.1) is 11.8 Å². The van der Waals surface area contributed by atoms with Crippen molar-refractivity contribution >= 4 is 0 Å². The van der Waals surface area contributed by atoms with Crippen LogP contribution in [0.1, 0.15) is 62.9 Å². The second kappa shape index (κ2) is 13.3. The molecule has 2 aliphatic heterocycles. The van der Waals surface area contributed by atoms with Gasteiger partial charge in [0.1, 0.15) is 0 Å². The van der Waals surface area contributed by atoms with Gasteiger partial charge in [-0.1, -0.05) is 26.7 Å². The normalized spacial score (nSPS) is 22.2. The molecule has 0 amide bonds. The van der Waals surface area contributed by atoms with Crippen LogP contribution >= 0.6 is 0 Å². The molecule has 2 fully saturated rings. The number of rotatable bonds is 14. The van der Waals surface area contributed by atoms with Gasteiger partial charge < -0.3 is 37.9 Å². The summed E-state index contributed by atoms with van der Waals surface area (Å²) in [6.07, 6.45) is 3.74. The second-order valence-electron chi connectivity index (χ2n) is 9.75. The largest absolute Gasteiger partial charge is 0.493 e. The Labute approximate surface area is 226 Å². The minimum atomic E-state index is -0.141. The first-order chi connectivity index (χ1) is 18.6. The zero-order valence-corrected chi connectivity index (χ0v) is 23.5. The van der Waals surface area contributed by atoms with Crippen molar-refractivity contribution in [3.05, 3.63) is 35.4 Å². The number of ether oxygens (including phenoxy) is 8. The van der Waals surface area contributed by atoms with E-state index in [9.17, 15) is 0 Å². The number of unbranched alkanes of at least 4 members (excludes halogenated alkanes) is 2. The van der Waals surface area contributed by atoms with Gasteiger partial charge in [0.25, 0.3) is 0 Å². The molecule has 0 aromatic heterocycles. The van der Waals surface area contributed by atoms with Gasteiger partial charge in [-0.25, -0.2) is 0 Å². The van der Waals surface area contributed by atoms with Crippen molar-refractivity contribution in [3.63, 3.8) is 0 Å². The highest BCUT2D eigenvalue weighted by Crippen LogP contribution is 2.53. The third-order valence-corrected chi connectivity index (χ3v) is 7.38. The van der Waals surface area contributed by atoms with Crippen molar-refractivity contribution in [1.29, 1.82) is 0 Å². The summed E-state index contributed by atoms with van der Waals surface area (Å²) in [6.45, 7) is 6.65. The van der Waals surface area contributed by atoms with Gasteiger partial charge in [-0.05, 0) is 48.2 Å². The number of hydrogen-bond acceptors (Lipinski definition) is 8. The summed E-state index contributed by atoms with van der Waals surface area (Å²) in [7, 11) is 6.59. The summed E-state index contributed by atoms with van der Waals surface area (Å²) in [4.78, 5) is 0. The maximum Gasteiger partial charge on any atom is 0.203 e. The number of fused-ring (bicyclic) bond motifs is 1. The zero-order valence-electron chi connectivity index (χ0n) is 23.5. The molecule has 2 aromatic carbocycles. The molecule has 2 aromatic rings. The maximum atomic E-state index is 6.38. The van der Waals surface area contributed by atoms with E-state index < -0.39 is 0 Å². The molecular weight excluding hydrogens is 488 g/mol. The van der Waals surface area contributed by atoms with E-state index in [1.54, 1.807) is 28.4 Å². The highest BCUT2D eigenvalue weighted by atomic mass is 16.5. The number of methoxy groups -OCH3 is 4. The first-order valence-electron chi connectivity index (χ1n) is 13.6. The van der Waals surface area contributed by atoms with Crippen LogP contribution in [-0.4, -0.2) is 54.9 Å². The summed E-state index contributed by atoms with van der Waals surface area (Å²) in [5.74, 6) is 4.19. The highest BCUT2D eigenvalue weighted by Gasteiger charge is 2.48. The molecule has 8 heteroatoms. The van der Waals surface area contributed by atoms with E-state index in [1.165, 1.54) is 0 Å².